The van der Waals surface area contributed by atoms with Gasteiger partial charge in [0.05, 0.1) is 9.75 Å². The van der Waals surface area contributed by atoms with Crippen molar-refractivity contribution in [1.29, 1.82) is 0 Å². The molecule has 1 amide bonds. The van der Waals surface area contributed by atoms with Gasteiger partial charge in [0.2, 0.25) is 5.60 Å². The second-order valence-corrected chi connectivity index (χ2v) is 12.1. The fourth-order valence-corrected chi connectivity index (χ4v) is 6.55. The lowest BCUT2D eigenvalue weighted by Crippen LogP contribution is -2.47. The molecule has 4 rings (SSSR count). The lowest BCUT2D eigenvalue weighted by Gasteiger charge is -2.45. The Morgan fingerprint density at radius 1 is 1.00 bits per heavy atom. The van der Waals surface area contributed by atoms with Gasteiger partial charge in [-0.15, -0.1) is 22.7 Å². The molecular formula is C25H33NO5S2. The zero-order valence-electron chi connectivity index (χ0n) is 19.5. The van der Waals surface area contributed by atoms with Crippen molar-refractivity contribution in [1.82, 2.24) is 4.90 Å². The molecular weight excluding hydrogens is 458 g/mol. The Balaban J connectivity index is 1.33. The third kappa shape index (κ3) is 5.28. The maximum Gasteiger partial charge on any atom is 0.410 e. The van der Waals surface area contributed by atoms with Crippen LogP contribution in [0.2, 0.25) is 0 Å². The van der Waals surface area contributed by atoms with E-state index < -0.39 is 17.2 Å². The van der Waals surface area contributed by atoms with Crippen molar-refractivity contribution in [2.75, 3.05) is 13.1 Å². The van der Waals surface area contributed by atoms with Crippen LogP contribution in [-0.4, -0.2) is 46.9 Å². The van der Waals surface area contributed by atoms with Gasteiger partial charge in [-0.1, -0.05) is 12.1 Å². The molecule has 0 bridgehead atoms. The summed E-state index contributed by atoms with van der Waals surface area (Å²) in [5.74, 6) is -0.590. The molecule has 2 fully saturated rings. The molecule has 0 unspecified atom stereocenters. The highest BCUT2D eigenvalue weighted by Gasteiger charge is 2.46. The largest absolute Gasteiger partial charge is 0.460 e. The molecule has 180 valence electrons. The minimum Gasteiger partial charge on any atom is -0.460 e. The number of thiophene rings is 2. The van der Waals surface area contributed by atoms with Gasteiger partial charge in [0, 0.05) is 13.1 Å². The van der Waals surface area contributed by atoms with E-state index in [1.807, 2.05) is 48.6 Å². The van der Waals surface area contributed by atoms with Gasteiger partial charge < -0.3 is 19.5 Å². The Kier molecular flexibility index (Phi) is 6.90. The van der Waals surface area contributed by atoms with E-state index in [1.54, 1.807) is 12.1 Å². The van der Waals surface area contributed by atoms with Gasteiger partial charge >= 0.3 is 12.1 Å². The normalized spacial score (nSPS) is 19.5. The van der Waals surface area contributed by atoms with Gasteiger partial charge in [-0.2, -0.15) is 0 Å². The number of rotatable bonds is 4. The summed E-state index contributed by atoms with van der Waals surface area (Å²) in [6.45, 7) is 7.07. The number of aliphatic hydroxyl groups is 1. The molecule has 0 atom stereocenters. The Bertz CT molecular complexity index is 896. The summed E-state index contributed by atoms with van der Waals surface area (Å²) in [7, 11) is 0. The molecule has 1 saturated carbocycles. The molecule has 2 aliphatic rings. The van der Waals surface area contributed by atoms with Crippen LogP contribution in [0.25, 0.3) is 0 Å². The summed E-state index contributed by atoms with van der Waals surface area (Å²) in [5.41, 5.74) is -2.04. The van der Waals surface area contributed by atoms with E-state index in [4.69, 9.17) is 9.47 Å². The quantitative estimate of drug-likeness (QED) is 0.568. The first-order valence-electron chi connectivity index (χ1n) is 11.6. The number of hydrogen-bond donors (Lipinski definition) is 1. The smallest absolute Gasteiger partial charge is 0.410 e. The van der Waals surface area contributed by atoms with Crippen molar-refractivity contribution in [3.05, 3.63) is 44.8 Å². The number of amides is 1. The second kappa shape index (κ2) is 9.39. The summed E-state index contributed by atoms with van der Waals surface area (Å²) in [5, 5.41) is 15.1. The number of ether oxygens (including phenoxy) is 2. The number of likely N-dealkylation sites (tertiary alicyclic amines) is 1. The predicted molar refractivity (Wildman–Crippen MR) is 129 cm³/mol. The van der Waals surface area contributed by atoms with Crippen molar-refractivity contribution in [3.8, 4) is 0 Å². The minimum atomic E-state index is -1.75. The van der Waals surface area contributed by atoms with Crippen LogP contribution < -0.4 is 0 Å². The average molecular weight is 492 g/mol. The maximum absolute atomic E-state index is 13.2. The number of nitrogens with zero attached hydrogens (tertiary/aromatic N) is 1. The van der Waals surface area contributed by atoms with Crippen molar-refractivity contribution in [2.45, 2.75) is 76.6 Å². The molecule has 6 nitrogen and oxygen atoms in total. The van der Waals surface area contributed by atoms with E-state index in [9.17, 15) is 14.7 Å². The molecule has 2 aromatic heterocycles. The van der Waals surface area contributed by atoms with Crippen molar-refractivity contribution in [3.63, 3.8) is 0 Å². The predicted octanol–water partition coefficient (Wildman–Crippen LogP) is 5.55. The summed E-state index contributed by atoms with van der Waals surface area (Å²) in [6.07, 6.45) is 4.95. The van der Waals surface area contributed by atoms with Crippen molar-refractivity contribution >= 4 is 34.7 Å². The lowest BCUT2D eigenvalue weighted by molar-refractivity contribution is -0.170. The van der Waals surface area contributed by atoms with Gasteiger partial charge in [0.15, 0.2) is 0 Å². The summed E-state index contributed by atoms with van der Waals surface area (Å²) in [4.78, 5) is 28.6. The Morgan fingerprint density at radius 2 is 1.55 bits per heavy atom. The van der Waals surface area contributed by atoms with Crippen molar-refractivity contribution in [2.24, 2.45) is 5.41 Å². The Labute approximate surface area is 203 Å². The van der Waals surface area contributed by atoms with E-state index in [0.29, 0.717) is 22.8 Å². The summed E-state index contributed by atoms with van der Waals surface area (Å²) in [6, 6.07) is 7.22. The molecule has 3 heterocycles. The Hall–Kier alpha value is -1.90. The fraction of sp³-hybridized carbons (Fsp3) is 0.600. The highest BCUT2D eigenvalue weighted by atomic mass is 32.1. The third-order valence-corrected chi connectivity index (χ3v) is 8.75. The fourth-order valence-electron chi connectivity index (χ4n) is 4.84. The van der Waals surface area contributed by atoms with Crippen LogP contribution in [0, 0.1) is 5.41 Å². The summed E-state index contributed by atoms with van der Waals surface area (Å²) >= 11 is 2.71. The van der Waals surface area contributed by atoms with Crippen LogP contribution in [0.3, 0.4) is 0 Å². The van der Waals surface area contributed by atoms with Gasteiger partial charge in [0.1, 0.15) is 11.7 Å². The maximum atomic E-state index is 13.2. The van der Waals surface area contributed by atoms with E-state index in [0.717, 1.165) is 38.5 Å². The van der Waals surface area contributed by atoms with E-state index >= 15 is 0 Å². The number of piperidine rings is 1. The molecule has 1 saturated heterocycles. The van der Waals surface area contributed by atoms with Gasteiger partial charge in [-0.25, -0.2) is 9.59 Å². The number of esters is 1. The van der Waals surface area contributed by atoms with Crippen LogP contribution in [-0.2, 0) is 19.9 Å². The molecule has 1 N–H and O–H groups in total. The highest BCUT2D eigenvalue weighted by molar-refractivity contribution is 7.12. The highest BCUT2D eigenvalue weighted by Crippen LogP contribution is 2.46. The molecule has 8 heteroatoms. The first-order chi connectivity index (χ1) is 15.6. The topological polar surface area (TPSA) is 76.1 Å². The van der Waals surface area contributed by atoms with Crippen LogP contribution in [0.15, 0.2) is 35.0 Å². The van der Waals surface area contributed by atoms with E-state index in [-0.39, 0.29) is 17.6 Å². The molecule has 33 heavy (non-hydrogen) atoms. The molecule has 1 aliphatic heterocycles. The number of carbonyl (C=O) groups excluding carboxylic acids is 2. The average Bonchev–Trinajstić information content (AvgIpc) is 3.49. The molecule has 0 radical (unpaired) electrons. The van der Waals surface area contributed by atoms with Gasteiger partial charge in [0.25, 0.3) is 0 Å². The van der Waals surface area contributed by atoms with Crippen molar-refractivity contribution < 1.29 is 24.2 Å². The SMILES string of the molecule is CC(C)(C)OC(=O)N1CCC2(CCC(OC(=O)C(O)(c3cccs3)c3cccs3)CC2)CC1. The van der Waals surface area contributed by atoms with Gasteiger partial charge in [-0.3, -0.25) is 0 Å². The first-order valence-corrected chi connectivity index (χ1v) is 13.4. The monoisotopic (exact) mass is 491 g/mol. The second-order valence-electron chi connectivity index (χ2n) is 10.2. The van der Waals surface area contributed by atoms with E-state index in [2.05, 4.69) is 0 Å². The Morgan fingerprint density at radius 3 is 2.00 bits per heavy atom. The minimum absolute atomic E-state index is 0.194. The van der Waals surface area contributed by atoms with Crippen LogP contribution in [0.1, 0.15) is 69.1 Å². The van der Waals surface area contributed by atoms with Gasteiger partial charge in [-0.05, 0) is 87.6 Å². The number of carbonyl (C=O) groups is 2. The number of hydrogen-bond acceptors (Lipinski definition) is 7. The molecule has 0 aromatic carbocycles. The van der Waals surface area contributed by atoms with Crippen LogP contribution >= 0.6 is 22.7 Å². The standard InChI is InChI=1S/C25H33NO5S2/c1-23(2,3)31-22(28)26-14-12-24(13-15-26)10-8-18(9-11-24)30-21(27)25(29,19-6-4-16-32-19)20-7-5-17-33-20/h4-7,16-18,29H,8-15H2,1-3H3. The molecule has 1 aliphatic carbocycles. The lowest BCUT2D eigenvalue weighted by atomic mass is 9.67. The zero-order chi connectivity index (χ0) is 23.7. The van der Waals surface area contributed by atoms with E-state index in [1.165, 1.54) is 22.7 Å². The molecule has 1 spiro atoms. The third-order valence-electron chi connectivity index (χ3n) is 6.79. The zero-order valence-corrected chi connectivity index (χ0v) is 21.2. The van der Waals surface area contributed by atoms with Crippen LogP contribution in [0.4, 0.5) is 4.79 Å². The molecule has 2 aromatic rings. The van der Waals surface area contributed by atoms with Crippen LogP contribution in [0.5, 0.6) is 0 Å². The first kappa shape index (κ1) is 24.2. The summed E-state index contributed by atoms with van der Waals surface area (Å²) < 4.78 is 11.4.